The smallest absolute Gasteiger partial charge is 0.141 e. The summed E-state index contributed by atoms with van der Waals surface area (Å²) in [6.07, 6.45) is 4.40. The topological polar surface area (TPSA) is 38.9 Å². The summed E-state index contributed by atoms with van der Waals surface area (Å²) in [5, 5.41) is 0. The van der Waals surface area contributed by atoms with Crippen molar-refractivity contribution in [1.82, 2.24) is 4.98 Å². The average molecular weight is 210 g/mol. The fraction of sp³-hybridized carbons (Fsp3) is 0.583. The zero-order chi connectivity index (χ0) is 11.3. The summed E-state index contributed by atoms with van der Waals surface area (Å²) in [6, 6.07) is 3.00. The van der Waals surface area contributed by atoms with Crippen molar-refractivity contribution in [3.05, 3.63) is 29.8 Å². The first kappa shape index (κ1) is 12.1. The summed E-state index contributed by atoms with van der Waals surface area (Å²) >= 11 is 0. The zero-order valence-corrected chi connectivity index (χ0v) is 9.41. The molecule has 84 valence electrons. The van der Waals surface area contributed by atoms with Gasteiger partial charge in [-0.05, 0) is 24.5 Å². The van der Waals surface area contributed by atoms with Crippen molar-refractivity contribution in [3.8, 4) is 0 Å². The van der Waals surface area contributed by atoms with E-state index in [0.29, 0.717) is 5.92 Å². The normalized spacial score (nSPS) is 13.1. The van der Waals surface area contributed by atoms with Gasteiger partial charge in [-0.15, -0.1) is 0 Å². The Morgan fingerprint density at radius 1 is 1.33 bits per heavy atom. The maximum Gasteiger partial charge on any atom is 0.141 e. The third kappa shape index (κ3) is 4.38. The van der Waals surface area contributed by atoms with Crippen LogP contribution in [0, 0.1) is 11.7 Å². The number of nitrogens with two attached hydrogens (primary N) is 1. The first-order valence-corrected chi connectivity index (χ1v) is 5.46. The number of aromatic nitrogens is 1. The third-order valence-corrected chi connectivity index (χ3v) is 2.43. The Bertz CT molecular complexity index is 282. The number of halogens is 1. The summed E-state index contributed by atoms with van der Waals surface area (Å²) in [4.78, 5) is 3.98. The van der Waals surface area contributed by atoms with Crippen molar-refractivity contribution in [2.75, 3.05) is 0 Å². The molecule has 1 aromatic heterocycles. The third-order valence-electron chi connectivity index (χ3n) is 2.43. The second kappa shape index (κ2) is 5.81. The van der Waals surface area contributed by atoms with Crippen molar-refractivity contribution in [2.45, 2.75) is 39.2 Å². The first-order valence-electron chi connectivity index (χ1n) is 5.46. The molecule has 3 heteroatoms. The molecule has 1 aromatic rings. The van der Waals surface area contributed by atoms with Crippen LogP contribution in [0.15, 0.2) is 18.3 Å². The maximum atomic E-state index is 12.6. The van der Waals surface area contributed by atoms with Gasteiger partial charge in [-0.1, -0.05) is 26.7 Å². The van der Waals surface area contributed by atoms with Crippen LogP contribution in [-0.2, 0) is 0 Å². The maximum absolute atomic E-state index is 12.6. The molecule has 1 rings (SSSR count). The summed E-state index contributed by atoms with van der Waals surface area (Å²) in [6.45, 7) is 4.39. The largest absolute Gasteiger partial charge is 0.323 e. The van der Waals surface area contributed by atoms with Crippen molar-refractivity contribution in [1.29, 1.82) is 0 Å². The van der Waals surface area contributed by atoms with E-state index in [4.69, 9.17) is 5.73 Å². The second-order valence-electron chi connectivity index (χ2n) is 4.33. The fourth-order valence-corrected chi connectivity index (χ4v) is 1.50. The van der Waals surface area contributed by atoms with Crippen LogP contribution in [0.25, 0.3) is 0 Å². The molecule has 0 spiro atoms. The van der Waals surface area contributed by atoms with E-state index in [-0.39, 0.29) is 11.9 Å². The highest BCUT2D eigenvalue weighted by Crippen LogP contribution is 2.16. The van der Waals surface area contributed by atoms with E-state index in [1.165, 1.54) is 18.7 Å². The van der Waals surface area contributed by atoms with Gasteiger partial charge in [-0.25, -0.2) is 4.39 Å². The van der Waals surface area contributed by atoms with Crippen LogP contribution < -0.4 is 5.73 Å². The molecule has 1 atom stereocenters. The van der Waals surface area contributed by atoms with Crippen molar-refractivity contribution >= 4 is 0 Å². The lowest BCUT2D eigenvalue weighted by Crippen LogP contribution is -2.12. The van der Waals surface area contributed by atoms with E-state index in [0.717, 1.165) is 18.5 Å². The summed E-state index contributed by atoms with van der Waals surface area (Å²) in [5.41, 5.74) is 6.72. The predicted octanol–water partition coefficient (Wildman–Crippen LogP) is 3.05. The van der Waals surface area contributed by atoms with Gasteiger partial charge in [0.15, 0.2) is 0 Å². The fourth-order valence-electron chi connectivity index (χ4n) is 1.50. The van der Waals surface area contributed by atoms with Crippen LogP contribution in [0.5, 0.6) is 0 Å². The summed E-state index contributed by atoms with van der Waals surface area (Å²) in [5.74, 6) is 0.395. The highest BCUT2D eigenvalue weighted by molar-refractivity contribution is 5.09. The molecule has 0 fully saturated rings. The first-order chi connectivity index (χ1) is 7.09. The molecule has 0 saturated carbocycles. The molecule has 1 unspecified atom stereocenters. The van der Waals surface area contributed by atoms with Gasteiger partial charge in [0.1, 0.15) is 5.82 Å². The quantitative estimate of drug-likeness (QED) is 0.811. The molecule has 0 aliphatic carbocycles. The Balaban J connectivity index is 2.40. The molecule has 1 heterocycles. The standard InChI is InChI=1S/C12H19FN2/c1-9(2)4-3-5-11(14)12-7-6-10(13)8-15-12/h6-9,11H,3-5,14H2,1-2H3. The predicted molar refractivity (Wildman–Crippen MR) is 59.8 cm³/mol. The number of hydrogen-bond acceptors (Lipinski definition) is 2. The van der Waals surface area contributed by atoms with Gasteiger partial charge in [-0.3, -0.25) is 4.98 Å². The molecule has 0 aliphatic rings. The Kier molecular flexibility index (Phi) is 4.69. The van der Waals surface area contributed by atoms with Gasteiger partial charge in [0.05, 0.1) is 11.9 Å². The Morgan fingerprint density at radius 2 is 2.07 bits per heavy atom. The second-order valence-corrected chi connectivity index (χ2v) is 4.33. The number of hydrogen-bond donors (Lipinski definition) is 1. The lowest BCUT2D eigenvalue weighted by molar-refractivity contribution is 0.500. The number of pyridine rings is 1. The molecule has 2 nitrogen and oxygen atoms in total. The van der Waals surface area contributed by atoms with Crippen molar-refractivity contribution in [3.63, 3.8) is 0 Å². The number of rotatable bonds is 5. The molecule has 0 amide bonds. The van der Waals surface area contributed by atoms with Crippen molar-refractivity contribution < 1.29 is 4.39 Å². The highest BCUT2D eigenvalue weighted by atomic mass is 19.1. The molecule has 0 saturated heterocycles. The van der Waals surface area contributed by atoms with Gasteiger partial charge >= 0.3 is 0 Å². The van der Waals surface area contributed by atoms with Gasteiger partial charge in [0, 0.05) is 6.04 Å². The van der Waals surface area contributed by atoms with Crippen molar-refractivity contribution in [2.24, 2.45) is 11.7 Å². The van der Waals surface area contributed by atoms with Gasteiger partial charge in [0.25, 0.3) is 0 Å². The van der Waals surface area contributed by atoms with E-state index >= 15 is 0 Å². The van der Waals surface area contributed by atoms with E-state index in [2.05, 4.69) is 18.8 Å². The summed E-state index contributed by atoms with van der Waals surface area (Å²) < 4.78 is 12.6. The van der Waals surface area contributed by atoms with E-state index in [1.807, 2.05) is 0 Å². The minimum absolute atomic E-state index is 0.0654. The van der Waals surface area contributed by atoms with Gasteiger partial charge < -0.3 is 5.73 Å². The number of nitrogens with zero attached hydrogens (tertiary/aromatic N) is 1. The molecular formula is C12H19FN2. The molecular weight excluding hydrogens is 191 g/mol. The summed E-state index contributed by atoms with van der Waals surface area (Å²) in [7, 11) is 0. The molecule has 0 aliphatic heterocycles. The lowest BCUT2D eigenvalue weighted by Gasteiger charge is -2.11. The molecule has 15 heavy (non-hydrogen) atoms. The monoisotopic (exact) mass is 210 g/mol. The Hall–Kier alpha value is -0.960. The SMILES string of the molecule is CC(C)CCCC(N)c1ccc(F)cn1. The highest BCUT2D eigenvalue weighted by Gasteiger charge is 2.07. The van der Waals surface area contributed by atoms with Crippen LogP contribution in [0.4, 0.5) is 4.39 Å². The van der Waals surface area contributed by atoms with E-state index < -0.39 is 0 Å². The van der Waals surface area contributed by atoms with Crippen LogP contribution in [-0.4, -0.2) is 4.98 Å². The van der Waals surface area contributed by atoms with E-state index in [9.17, 15) is 4.39 Å². The Morgan fingerprint density at radius 3 is 2.60 bits per heavy atom. The Labute approximate surface area is 90.7 Å². The molecule has 0 bridgehead atoms. The molecule has 0 aromatic carbocycles. The lowest BCUT2D eigenvalue weighted by atomic mass is 10.0. The minimum atomic E-state index is -0.312. The van der Waals surface area contributed by atoms with Gasteiger partial charge in [-0.2, -0.15) is 0 Å². The zero-order valence-electron chi connectivity index (χ0n) is 9.41. The average Bonchev–Trinajstić information content (AvgIpc) is 2.18. The van der Waals surface area contributed by atoms with Crippen LogP contribution in [0.1, 0.15) is 44.8 Å². The van der Waals surface area contributed by atoms with Crippen LogP contribution >= 0.6 is 0 Å². The molecule has 0 radical (unpaired) electrons. The van der Waals surface area contributed by atoms with Crippen LogP contribution in [0.3, 0.4) is 0 Å². The minimum Gasteiger partial charge on any atom is -0.323 e. The molecule has 2 N–H and O–H groups in total. The van der Waals surface area contributed by atoms with Crippen LogP contribution in [0.2, 0.25) is 0 Å². The van der Waals surface area contributed by atoms with E-state index in [1.54, 1.807) is 6.07 Å². The van der Waals surface area contributed by atoms with Gasteiger partial charge in [0.2, 0.25) is 0 Å².